The number of benzene rings is 2. The summed E-state index contributed by atoms with van der Waals surface area (Å²) in [6.07, 6.45) is 2.12. The van der Waals surface area contributed by atoms with Crippen LogP contribution in [0.15, 0.2) is 47.8 Å². The van der Waals surface area contributed by atoms with Crippen LogP contribution in [0.2, 0.25) is 0 Å². The number of carbonyl (C=O) groups is 1. The minimum atomic E-state index is -0.170. The first-order chi connectivity index (χ1) is 13.1. The molecule has 0 aliphatic rings. The van der Waals surface area contributed by atoms with Crippen LogP contribution in [0.1, 0.15) is 41.3 Å². The van der Waals surface area contributed by atoms with E-state index >= 15 is 0 Å². The Labute approximate surface area is 164 Å². The van der Waals surface area contributed by atoms with Crippen LogP contribution >= 0.6 is 11.3 Å². The number of unbranched alkanes of at least 4 members (excludes halogenated alkanes) is 1. The molecule has 1 amide bonds. The Hall–Kier alpha value is -2.66. The lowest BCUT2D eigenvalue weighted by Crippen LogP contribution is -2.11. The van der Waals surface area contributed by atoms with Gasteiger partial charge in [0.2, 0.25) is 0 Å². The average molecular weight is 381 g/mol. The summed E-state index contributed by atoms with van der Waals surface area (Å²) in [7, 11) is 0. The van der Waals surface area contributed by atoms with Gasteiger partial charge in [-0.05, 0) is 50.1 Å². The predicted molar refractivity (Wildman–Crippen MR) is 112 cm³/mol. The van der Waals surface area contributed by atoms with Crippen molar-refractivity contribution in [2.75, 3.05) is 11.9 Å². The summed E-state index contributed by atoms with van der Waals surface area (Å²) in [5, 5.41) is 5.44. The van der Waals surface area contributed by atoms with E-state index in [4.69, 9.17) is 4.74 Å². The average Bonchev–Trinajstić information content (AvgIpc) is 3.10. The summed E-state index contributed by atoms with van der Waals surface area (Å²) in [5.74, 6) is 0.614. The molecule has 0 unspecified atom stereocenters. The lowest BCUT2D eigenvalue weighted by Gasteiger charge is -2.06. The molecule has 140 valence electrons. The van der Waals surface area contributed by atoms with Gasteiger partial charge in [-0.1, -0.05) is 37.1 Å². The zero-order chi connectivity index (χ0) is 19.2. The molecule has 2 aromatic carbocycles. The molecule has 0 bridgehead atoms. The molecule has 0 radical (unpaired) electrons. The minimum Gasteiger partial charge on any atom is -0.494 e. The Morgan fingerprint density at radius 2 is 1.93 bits per heavy atom. The third-order valence-electron chi connectivity index (χ3n) is 4.27. The summed E-state index contributed by atoms with van der Waals surface area (Å²) in [4.78, 5) is 17.0. The van der Waals surface area contributed by atoms with E-state index in [1.54, 1.807) is 12.1 Å². The van der Waals surface area contributed by atoms with E-state index in [-0.39, 0.29) is 5.91 Å². The van der Waals surface area contributed by atoms with Gasteiger partial charge in [-0.3, -0.25) is 10.1 Å². The first-order valence-electron chi connectivity index (χ1n) is 9.14. The molecule has 0 atom stereocenters. The molecule has 4 nitrogen and oxygen atoms in total. The van der Waals surface area contributed by atoms with Crippen molar-refractivity contribution in [3.05, 3.63) is 64.5 Å². The summed E-state index contributed by atoms with van der Waals surface area (Å²) < 4.78 is 5.63. The highest BCUT2D eigenvalue weighted by Crippen LogP contribution is 2.28. The van der Waals surface area contributed by atoms with Crippen molar-refractivity contribution in [3.63, 3.8) is 0 Å². The van der Waals surface area contributed by atoms with Gasteiger partial charge < -0.3 is 4.74 Å². The van der Waals surface area contributed by atoms with Crippen LogP contribution < -0.4 is 10.1 Å². The van der Waals surface area contributed by atoms with Gasteiger partial charge in [-0.25, -0.2) is 4.98 Å². The maximum Gasteiger partial charge on any atom is 0.257 e. The van der Waals surface area contributed by atoms with Gasteiger partial charge in [0.15, 0.2) is 5.13 Å². The lowest BCUT2D eigenvalue weighted by atomic mass is 10.0. The maximum absolute atomic E-state index is 12.5. The molecule has 0 aliphatic carbocycles. The highest BCUT2D eigenvalue weighted by Gasteiger charge is 2.11. The van der Waals surface area contributed by atoms with Crippen molar-refractivity contribution in [3.8, 4) is 17.0 Å². The number of aromatic nitrogens is 1. The fourth-order valence-corrected chi connectivity index (χ4v) is 3.47. The van der Waals surface area contributed by atoms with Crippen molar-refractivity contribution in [2.45, 2.75) is 33.6 Å². The number of hydrogen-bond acceptors (Lipinski definition) is 4. The molecule has 1 aromatic heterocycles. The van der Waals surface area contributed by atoms with Crippen LogP contribution in [-0.4, -0.2) is 17.5 Å². The van der Waals surface area contributed by atoms with E-state index in [1.165, 1.54) is 22.5 Å². The Balaban J connectivity index is 1.65. The van der Waals surface area contributed by atoms with E-state index in [2.05, 4.69) is 49.3 Å². The Morgan fingerprint density at radius 1 is 1.15 bits per heavy atom. The van der Waals surface area contributed by atoms with Crippen LogP contribution in [0, 0.1) is 13.8 Å². The first kappa shape index (κ1) is 19.1. The molecule has 3 rings (SSSR count). The second kappa shape index (κ2) is 8.82. The highest BCUT2D eigenvalue weighted by atomic mass is 32.1. The number of hydrogen-bond donors (Lipinski definition) is 1. The largest absolute Gasteiger partial charge is 0.494 e. The van der Waals surface area contributed by atoms with E-state index < -0.39 is 0 Å². The van der Waals surface area contributed by atoms with Crippen molar-refractivity contribution < 1.29 is 9.53 Å². The summed E-state index contributed by atoms with van der Waals surface area (Å²) >= 11 is 1.43. The van der Waals surface area contributed by atoms with Gasteiger partial charge in [0, 0.05) is 16.5 Å². The van der Waals surface area contributed by atoms with Gasteiger partial charge in [0.1, 0.15) is 5.75 Å². The predicted octanol–water partition coefficient (Wildman–Crippen LogP) is 5.86. The number of thiazole rings is 1. The Kier molecular flexibility index (Phi) is 6.24. The summed E-state index contributed by atoms with van der Waals surface area (Å²) in [5.41, 5.74) is 4.96. The SMILES string of the molecule is CCCCOc1ccc(C(=O)Nc2nc(-c3ccc(C)cc3C)cs2)cc1. The summed E-state index contributed by atoms with van der Waals surface area (Å²) in [6, 6.07) is 13.5. The molecule has 3 aromatic rings. The normalized spacial score (nSPS) is 10.6. The second-order valence-electron chi connectivity index (χ2n) is 6.54. The zero-order valence-corrected chi connectivity index (χ0v) is 16.7. The number of amides is 1. The van der Waals surface area contributed by atoms with E-state index in [0.29, 0.717) is 17.3 Å². The van der Waals surface area contributed by atoms with E-state index in [0.717, 1.165) is 29.8 Å². The smallest absolute Gasteiger partial charge is 0.257 e. The molecule has 0 aliphatic heterocycles. The zero-order valence-electron chi connectivity index (χ0n) is 15.9. The van der Waals surface area contributed by atoms with Gasteiger partial charge in [0.05, 0.1) is 12.3 Å². The van der Waals surface area contributed by atoms with Crippen LogP contribution in [0.5, 0.6) is 5.75 Å². The third kappa shape index (κ3) is 4.95. The van der Waals surface area contributed by atoms with Crippen molar-refractivity contribution in [1.82, 2.24) is 4.98 Å². The van der Waals surface area contributed by atoms with Crippen LogP contribution in [0.25, 0.3) is 11.3 Å². The molecule has 27 heavy (non-hydrogen) atoms. The number of aryl methyl sites for hydroxylation is 2. The van der Waals surface area contributed by atoms with E-state index in [9.17, 15) is 4.79 Å². The number of ether oxygens (including phenoxy) is 1. The maximum atomic E-state index is 12.5. The standard InChI is InChI=1S/C22H24N2O2S/c1-4-5-12-26-18-9-7-17(8-10-18)21(25)24-22-23-20(14-27-22)19-11-6-15(2)13-16(19)3/h6-11,13-14H,4-5,12H2,1-3H3,(H,23,24,25). The molecular formula is C22H24N2O2S. The lowest BCUT2D eigenvalue weighted by molar-refractivity contribution is 0.102. The van der Waals surface area contributed by atoms with Crippen LogP contribution in [-0.2, 0) is 0 Å². The molecular weight excluding hydrogens is 356 g/mol. The Morgan fingerprint density at radius 3 is 2.63 bits per heavy atom. The van der Waals surface area contributed by atoms with Crippen LogP contribution in [0.4, 0.5) is 5.13 Å². The van der Waals surface area contributed by atoms with E-state index in [1.807, 2.05) is 17.5 Å². The monoisotopic (exact) mass is 380 g/mol. The number of nitrogens with one attached hydrogen (secondary N) is 1. The second-order valence-corrected chi connectivity index (χ2v) is 7.39. The van der Waals surface area contributed by atoms with Gasteiger partial charge in [0.25, 0.3) is 5.91 Å². The van der Waals surface area contributed by atoms with Crippen molar-refractivity contribution in [2.24, 2.45) is 0 Å². The summed E-state index contributed by atoms with van der Waals surface area (Å²) in [6.45, 7) is 6.97. The number of rotatable bonds is 7. The molecule has 0 fully saturated rings. The molecule has 0 spiro atoms. The van der Waals surface area contributed by atoms with Gasteiger partial charge >= 0.3 is 0 Å². The minimum absolute atomic E-state index is 0.170. The third-order valence-corrected chi connectivity index (χ3v) is 5.02. The topological polar surface area (TPSA) is 51.2 Å². The highest BCUT2D eigenvalue weighted by molar-refractivity contribution is 7.14. The molecule has 0 saturated carbocycles. The van der Waals surface area contributed by atoms with Crippen LogP contribution in [0.3, 0.4) is 0 Å². The number of nitrogens with zero attached hydrogens (tertiary/aromatic N) is 1. The molecule has 1 heterocycles. The van der Waals surface area contributed by atoms with Crippen molar-refractivity contribution >= 4 is 22.4 Å². The fourth-order valence-electron chi connectivity index (χ4n) is 2.76. The quantitative estimate of drug-likeness (QED) is 0.522. The van der Waals surface area contributed by atoms with Gasteiger partial charge in [-0.2, -0.15) is 0 Å². The molecule has 0 saturated heterocycles. The fraction of sp³-hybridized carbons (Fsp3) is 0.273. The Bertz CT molecular complexity index is 916. The van der Waals surface area contributed by atoms with Gasteiger partial charge in [-0.15, -0.1) is 11.3 Å². The molecule has 1 N–H and O–H groups in total. The number of carbonyl (C=O) groups excluding carboxylic acids is 1. The molecule has 5 heteroatoms. The first-order valence-corrected chi connectivity index (χ1v) is 10.0. The van der Waals surface area contributed by atoms with Crippen molar-refractivity contribution in [1.29, 1.82) is 0 Å². The number of anilines is 1.